The molecule has 3 aliphatic rings. The molecule has 3 fully saturated rings. The third kappa shape index (κ3) is 8.80. The van der Waals surface area contributed by atoms with Gasteiger partial charge in [-0.3, -0.25) is 28.8 Å². The van der Waals surface area contributed by atoms with Crippen LogP contribution in [0.2, 0.25) is 0 Å². The molecule has 6 N–H and O–H groups in total. The highest BCUT2D eigenvalue weighted by molar-refractivity contribution is 5.96. The van der Waals surface area contributed by atoms with E-state index in [1.807, 2.05) is 19.9 Å². The van der Waals surface area contributed by atoms with Crippen LogP contribution in [0.15, 0.2) is 30.3 Å². The number of rotatable bonds is 6. The highest BCUT2D eigenvalue weighted by Crippen LogP contribution is 2.26. The van der Waals surface area contributed by atoms with Crippen molar-refractivity contribution in [2.24, 2.45) is 11.8 Å². The summed E-state index contributed by atoms with van der Waals surface area (Å²) in [5.74, 6) is -3.24. The maximum absolute atomic E-state index is 13.8. The van der Waals surface area contributed by atoms with Crippen LogP contribution in [0.4, 0.5) is 0 Å². The van der Waals surface area contributed by atoms with Crippen molar-refractivity contribution in [3.8, 4) is 0 Å². The maximum Gasteiger partial charge on any atom is 0.248 e. The van der Waals surface area contributed by atoms with E-state index in [9.17, 15) is 33.9 Å². The molecule has 45 heavy (non-hydrogen) atoms. The van der Waals surface area contributed by atoms with E-state index < -0.39 is 72.4 Å². The second-order valence-corrected chi connectivity index (χ2v) is 12.8. The van der Waals surface area contributed by atoms with Crippen LogP contribution in [0.1, 0.15) is 77.3 Å². The smallest absolute Gasteiger partial charge is 0.248 e. The third-order valence-electron chi connectivity index (χ3n) is 8.78. The number of aliphatic hydroxyl groups is 1. The van der Waals surface area contributed by atoms with Crippen LogP contribution in [-0.2, 0) is 28.8 Å². The molecule has 1 aromatic rings. The Bertz CT molecular complexity index is 1250. The zero-order valence-electron chi connectivity index (χ0n) is 26.2. The fraction of sp³-hybridized carbons (Fsp3) is 0.625. The van der Waals surface area contributed by atoms with Crippen molar-refractivity contribution in [2.45, 2.75) is 102 Å². The van der Waals surface area contributed by atoms with E-state index in [1.165, 1.54) is 11.8 Å². The first-order chi connectivity index (χ1) is 21.5. The van der Waals surface area contributed by atoms with Crippen molar-refractivity contribution in [1.29, 1.82) is 0 Å². The highest BCUT2D eigenvalue weighted by atomic mass is 16.3. The second-order valence-electron chi connectivity index (χ2n) is 12.8. The Kier molecular flexibility index (Phi) is 11.5. The lowest BCUT2D eigenvalue weighted by Crippen LogP contribution is -2.59. The summed E-state index contributed by atoms with van der Waals surface area (Å²) in [6.45, 7) is 4.52. The van der Waals surface area contributed by atoms with Gasteiger partial charge in [0, 0.05) is 18.5 Å². The van der Waals surface area contributed by atoms with Crippen LogP contribution in [0.3, 0.4) is 0 Å². The van der Waals surface area contributed by atoms with Gasteiger partial charge in [0.15, 0.2) is 0 Å². The monoisotopic (exact) mass is 626 g/mol. The third-order valence-corrected chi connectivity index (χ3v) is 8.78. The molecule has 2 saturated heterocycles. The highest BCUT2D eigenvalue weighted by Gasteiger charge is 2.44. The topological polar surface area (TPSA) is 186 Å². The number of aliphatic hydroxyl groups excluding tert-OH is 1. The number of fused-ring (bicyclic) bond motifs is 1. The number of nitrogens with zero attached hydrogens (tertiary/aromatic N) is 1. The van der Waals surface area contributed by atoms with Gasteiger partial charge in [-0.05, 0) is 44.1 Å². The molecule has 0 spiro atoms. The van der Waals surface area contributed by atoms with Gasteiger partial charge < -0.3 is 36.6 Å². The van der Waals surface area contributed by atoms with Crippen LogP contribution < -0.4 is 26.6 Å². The summed E-state index contributed by atoms with van der Waals surface area (Å²) in [7, 11) is 0. The van der Waals surface area contributed by atoms with Crippen molar-refractivity contribution in [1.82, 2.24) is 31.5 Å². The number of carbonyl (C=O) groups is 6. The Morgan fingerprint density at radius 1 is 0.933 bits per heavy atom. The van der Waals surface area contributed by atoms with E-state index in [0.717, 1.165) is 25.7 Å². The molecular weight excluding hydrogens is 580 g/mol. The number of benzene rings is 1. The van der Waals surface area contributed by atoms with Crippen LogP contribution in [0.25, 0.3) is 0 Å². The summed E-state index contributed by atoms with van der Waals surface area (Å²) in [5.41, 5.74) is 0.666. The molecule has 0 aromatic heterocycles. The average Bonchev–Trinajstić information content (AvgIpc) is 3.69. The van der Waals surface area contributed by atoms with Crippen molar-refractivity contribution < 1.29 is 33.9 Å². The molecule has 6 amide bonds. The maximum atomic E-state index is 13.8. The van der Waals surface area contributed by atoms with Gasteiger partial charge in [0.2, 0.25) is 35.4 Å². The molecule has 0 bridgehead atoms. The van der Waals surface area contributed by atoms with Crippen LogP contribution in [0, 0.1) is 11.8 Å². The van der Waals surface area contributed by atoms with E-state index in [0.29, 0.717) is 5.56 Å². The van der Waals surface area contributed by atoms with Gasteiger partial charge in [-0.25, -0.2) is 0 Å². The van der Waals surface area contributed by atoms with Gasteiger partial charge in [-0.15, -0.1) is 0 Å². The number of nitrogens with one attached hydrogen (secondary N) is 5. The van der Waals surface area contributed by atoms with Gasteiger partial charge in [0.25, 0.3) is 0 Å². The summed E-state index contributed by atoms with van der Waals surface area (Å²) in [6, 6.07) is 3.13. The summed E-state index contributed by atoms with van der Waals surface area (Å²) < 4.78 is 0. The van der Waals surface area contributed by atoms with E-state index in [2.05, 4.69) is 26.6 Å². The van der Waals surface area contributed by atoms with Crippen LogP contribution >= 0.6 is 0 Å². The van der Waals surface area contributed by atoms with Gasteiger partial charge in [0.05, 0.1) is 19.1 Å². The van der Waals surface area contributed by atoms with E-state index in [-0.39, 0.29) is 43.6 Å². The Morgan fingerprint density at radius 2 is 1.62 bits per heavy atom. The standard InChI is InChI=1S/C32H46N6O7/c1-18(2)13-24-30(43)37-25(17-39)32(45)38-16-22(34-29(42)21-11-7-8-12-21)14-26(38)31(44)33-19(3)28(41)36-23(15-27(40)35-24)20-9-5-4-6-10-20/h4-6,9-10,18-19,21-26,39H,7-8,11-17H2,1-3H3,(H,33,44)(H,34,42)(H,35,40)(H,36,41)(H,37,43)/t19-,22-,23+,24-,25+,26-/m0/s1. The minimum Gasteiger partial charge on any atom is -0.394 e. The van der Waals surface area contributed by atoms with Crippen molar-refractivity contribution in [3.05, 3.63) is 35.9 Å². The number of hydrogen-bond acceptors (Lipinski definition) is 7. The van der Waals surface area contributed by atoms with Gasteiger partial charge in [-0.1, -0.05) is 57.0 Å². The molecule has 13 nitrogen and oxygen atoms in total. The first kappa shape index (κ1) is 33.9. The zero-order valence-corrected chi connectivity index (χ0v) is 26.2. The first-order valence-electron chi connectivity index (χ1n) is 15.9. The molecule has 6 atom stereocenters. The van der Waals surface area contributed by atoms with Gasteiger partial charge in [0.1, 0.15) is 24.2 Å². The fourth-order valence-electron chi connectivity index (χ4n) is 6.35. The minimum atomic E-state index is -1.39. The molecular formula is C32H46N6O7. The minimum absolute atomic E-state index is 0.00343. The lowest BCUT2D eigenvalue weighted by molar-refractivity contribution is -0.143. The summed E-state index contributed by atoms with van der Waals surface area (Å²) in [5, 5.41) is 24.0. The summed E-state index contributed by atoms with van der Waals surface area (Å²) in [6.07, 6.45) is 3.70. The molecule has 2 aliphatic heterocycles. The van der Waals surface area contributed by atoms with Crippen molar-refractivity contribution in [2.75, 3.05) is 13.2 Å². The predicted octanol–water partition coefficient (Wildman–Crippen LogP) is 0.0362. The first-order valence-corrected chi connectivity index (χ1v) is 15.9. The van der Waals surface area contributed by atoms with Crippen molar-refractivity contribution in [3.63, 3.8) is 0 Å². The van der Waals surface area contributed by atoms with Gasteiger partial charge in [-0.2, -0.15) is 0 Å². The van der Waals surface area contributed by atoms with E-state index >= 15 is 0 Å². The zero-order chi connectivity index (χ0) is 32.7. The largest absolute Gasteiger partial charge is 0.394 e. The number of hydrogen-bond donors (Lipinski definition) is 6. The molecule has 246 valence electrons. The van der Waals surface area contributed by atoms with Gasteiger partial charge >= 0.3 is 0 Å². The van der Waals surface area contributed by atoms with Crippen LogP contribution in [-0.4, -0.2) is 88.8 Å². The molecule has 2 heterocycles. The molecule has 0 unspecified atom stereocenters. The Balaban J connectivity index is 1.64. The molecule has 1 aliphatic carbocycles. The fourth-order valence-corrected chi connectivity index (χ4v) is 6.35. The Morgan fingerprint density at radius 3 is 2.27 bits per heavy atom. The molecule has 0 radical (unpaired) electrons. The quantitative estimate of drug-likeness (QED) is 0.257. The van der Waals surface area contributed by atoms with E-state index in [1.54, 1.807) is 24.3 Å². The normalized spacial score (nSPS) is 29.1. The molecule has 1 saturated carbocycles. The number of carbonyl (C=O) groups excluding carboxylic acids is 6. The SMILES string of the molecule is CC(C)C[C@@H]1NC(=O)C[C@H](c2ccccc2)NC(=O)[C@H](C)NC(=O)[C@@H]2C[C@H](NC(=O)C3CCCC3)CN2C(=O)[C@@H](CO)NC1=O. The van der Waals surface area contributed by atoms with Crippen LogP contribution in [0.5, 0.6) is 0 Å². The average molecular weight is 627 g/mol. The lowest BCUT2D eigenvalue weighted by Gasteiger charge is -2.30. The Labute approximate surface area is 263 Å². The molecule has 1 aromatic carbocycles. The number of amides is 6. The molecule has 13 heteroatoms. The summed E-state index contributed by atoms with van der Waals surface area (Å²) in [4.78, 5) is 81.5. The predicted molar refractivity (Wildman–Crippen MR) is 164 cm³/mol. The molecule has 4 rings (SSSR count). The lowest BCUT2D eigenvalue weighted by atomic mass is 10.00. The van der Waals surface area contributed by atoms with E-state index in [4.69, 9.17) is 0 Å². The second kappa shape index (κ2) is 15.3. The summed E-state index contributed by atoms with van der Waals surface area (Å²) >= 11 is 0. The van der Waals surface area contributed by atoms with Crippen molar-refractivity contribution >= 4 is 35.4 Å². The Hall–Kier alpha value is -4.00.